The van der Waals surface area contributed by atoms with Crippen molar-refractivity contribution in [2.75, 3.05) is 13.2 Å². The van der Waals surface area contributed by atoms with E-state index >= 15 is 0 Å². The van der Waals surface area contributed by atoms with Gasteiger partial charge in [-0.05, 0) is 12.8 Å². The summed E-state index contributed by atoms with van der Waals surface area (Å²) in [5.74, 6) is -0.238. The molecule has 0 heterocycles. The summed E-state index contributed by atoms with van der Waals surface area (Å²) < 4.78 is 10.8. The lowest BCUT2D eigenvalue weighted by Crippen LogP contribution is -2.23. The van der Waals surface area contributed by atoms with Crippen LogP contribution in [-0.4, -0.2) is 35.9 Å². The predicted octanol–water partition coefficient (Wildman–Crippen LogP) is 11.8. The Morgan fingerprint density at radius 3 is 1.19 bits per heavy atom. The van der Waals surface area contributed by atoms with E-state index in [1.165, 1.54) is 154 Å². The first-order chi connectivity index (χ1) is 21.1. The maximum atomic E-state index is 12.2. The smallest absolute Gasteiger partial charge is 0.305 e. The van der Waals surface area contributed by atoms with Crippen LogP contribution < -0.4 is 0 Å². The topological polar surface area (TPSA) is 72.8 Å². The predicted molar refractivity (Wildman–Crippen MR) is 186 cm³/mol. The molecule has 0 saturated heterocycles. The number of rotatable bonds is 36. The monoisotopic (exact) mass is 629 g/mol. The Balaban J connectivity index is 3.50. The van der Waals surface area contributed by atoms with Gasteiger partial charge in [0.05, 0.1) is 15.4 Å². The molecular weight excluding hydrogens is 555 g/mol. The van der Waals surface area contributed by atoms with Crippen LogP contribution in [0.15, 0.2) is 0 Å². The normalized spacial score (nSPS) is 12.3. The molecule has 5 nitrogen and oxygen atoms in total. The second-order valence-corrected chi connectivity index (χ2v) is 13.8. The maximum Gasteiger partial charge on any atom is 0.305 e. The molecule has 0 radical (unpaired) electrons. The van der Waals surface area contributed by atoms with E-state index < -0.39 is 6.10 Å². The number of esters is 1. The van der Waals surface area contributed by atoms with Gasteiger partial charge in [0.1, 0.15) is 12.7 Å². The molecular formula is C37H73O5P. The van der Waals surface area contributed by atoms with Gasteiger partial charge in [-0.2, -0.15) is 0 Å². The van der Waals surface area contributed by atoms with Gasteiger partial charge in [0, 0.05) is 12.8 Å². The molecule has 0 rings (SSSR count). The highest BCUT2D eigenvalue weighted by molar-refractivity contribution is 7.53. The molecule has 0 aliphatic rings. The number of unbranched alkanes of at least 4 members (excludes halogenated alkanes) is 26. The van der Waals surface area contributed by atoms with Crippen LogP contribution in [0.5, 0.6) is 0 Å². The first kappa shape index (κ1) is 42.5. The third-order valence-electron chi connectivity index (χ3n) is 8.47. The summed E-state index contributed by atoms with van der Waals surface area (Å²) in [6.45, 7) is 4.31. The van der Waals surface area contributed by atoms with Gasteiger partial charge in [0.2, 0.25) is 0 Å². The zero-order valence-corrected chi connectivity index (χ0v) is 29.8. The van der Waals surface area contributed by atoms with Gasteiger partial charge in [-0.15, -0.1) is 0 Å². The summed E-state index contributed by atoms with van der Waals surface area (Å²) in [4.78, 5) is 24.2. The summed E-state index contributed by atoms with van der Waals surface area (Å²) in [6.07, 6.45) is 36.6. The molecule has 2 unspecified atom stereocenters. The van der Waals surface area contributed by atoms with E-state index in [2.05, 4.69) is 13.8 Å². The number of aliphatic hydroxyl groups excluding tert-OH is 1. The summed E-state index contributed by atoms with van der Waals surface area (Å²) >= 11 is 0. The highest BCUT2D eigenvalue weighted by atomic mass is 31.1. The molecule has 0 aromatic carbocycles. The van der Waals surface area contributed by atoms with Crippen LogP contribution in [-0.2, 0) is 18.8 Å². The van der Waals surface area contributed by atoms with Crippen molar-refractivity contribution in [1.82, 2.24) is 0 Å². The van der Waals surface area contributed by atoms with Crippen molar-refractivity contribution < 1.29 is 24.0 Å². The van der Waals surface area contributed by atoms with Gasteiger partial charge >= 0.3 is 5.97 Å². The van der Waals surface area contributed by atoms with Crippen LogP contribution in [0.2, 0.25) is 0 Å². The number of aliphatic hydroxyl groups is 1. The number of hydrogen-bond donors (Lipinski definition) is 1. The van der Waals surface area contributed by atoms with E-state index in [0.29, 0.717) is 12.8 Å². The van der Waals surface area contributed by atoms with Gasteiger partial charge in [0.15, 0.2) is 5.52 Å². The second-order valence-electron chi connectivity index (χ2n) is 12.8. The van der Waals surface area contributed by atoms with Crippen molar-refractivity contribution in [1.29, 1.82) is 0 Å². The van der Waals surface area contributed by atoms with E-state index in [0.717, 1.165) is 25.7 Å². The van der Waals surface area contributed by atoms with E-state index in [-0.39, 0.29) is 33.5 Å². The molecule has 0 aliphatic heterocycles. The van der Waals surface area contributed by atoms with Gasteiger partial charge in [-0.1, -0.05) is 181 Å². The first-order valence-electron chi connectivity index (χ1n) is 18.8. The summed E-state index contributed by atoms with van der Waals surface area (Å²) in [5, 5.41) is 9.54. The molecule has 0 saturated carbocycles. The van der Waals surface area contributed by atoms with Crippen LogP contribution in [0.25, 0.3) is 0 Å². The molecule has 43 heavy (non-hydrogen) atoms. The average molecular weight is 629 g/mol. The van der Waals surface area contributed by atoms with Gasteiger partial charge < -0.3 is 14.4 Å². The molecule has 0 amide bonds. The van der Waals surface area contributed by atoms with Crippen LogP contribution in [0.1, 0.15) is 206 Å². The van der Waals surface area contributed by atoms with E-state index in [4.69, 9.17) is 9.26 Å². The Morgan fingerprint density at radius 2 is 0.837 bits per heavy atom. The summed E-state index contributed by atoms with van der Waals surface area (Å²) in [6, 6.07) is 0. The molecule has 0 fully saturated rings. The second kappa shape index (κ2) is 36.0. The molecule has 6 heteroatoms. The van der Waals surface area contributed by atoms with Gasteiger partial charge in [-0.25, -0.2) is 0 Å². The van der Waals surface area contributed by atoms with Crippen molar-refractivity contribution in [3.8, 4) is 0 Å². The Bertz CT molecular complexity index is 585. The molecule has 0 bridgehead atoms. The van der Waals surface area contributed by atoms with E-state index in [9.17, 15) is 14.7 Å². The Morgan fingerprint density at radius 1 is 0.512 bits per heavy atom. The van der Waals surface area contributed by atoms with E-state index in [1.807, 2.05) is 0 Å². The Labute approximate surface area is 269 Å². The quantitative estimate of drug-likeness (QED) is 0.0424. The SMILES string of the molecule is CCCCCCCCCCCCCCCCCC(=O)POC(CO)COC(=O)CCCCCCCCCCCCCCC. The Kier molecular flexibility index (Phi) is 35.5. The molecule has 0 aliphatic carbocycles. The summed E-state index contributed by atoms with van der Waals surface area (Å²) in [5.41, 5.74) is 0.0893. The van der Waals surface area contributed by atoms with Gasteiger partial charge in [0.25, 0.3) is 0 Å². The van der Waals surface area contributed by atoms with Crippen molar-refractivity contribution in [3.63, 3.8) is 0 Å². The highest BCUT2D eigenvalue weighted by Gasteiger charge is 2.14. The number of hydrogen-bond acceptors (Lipinski definition) is 5. The average Bonchev–Trinajstić information content (AvgIpc) is 3.01. The zero-order chi connectivity index (χ0) is 31.5. The number of carbonyl (C=O) groups excluding carboxylic acids is 2. The maximum absolute atomic E-state index is 12.2. The van der Waals surface area contributed by atoms with Crippen molar-refractivity contribution >= 4 is 20.3 Å². The minimum atomic E-state index is -0.612. The first-order valence-corrected chi connectivity index (χ1v) is 19.8. The zero-order valence-electron chi connectivity index (χ0n) is 28.8. The highest BCUT2D eigenvalue weighted by Crippen LogP contribution is 2.21. The van der Waals surface area contributed by atoms with E-state index in [1.54, 1.807) is 0 Å². The van der Waals surface area contributed by atoms with Gasteiger partial charge in [-0.3, -0.25) is 9.59 Å². The van der Waals surface area contributed by atoms with Crippen LogP contribution in [0, 0.1) is 0 Å². The lowest BCUT2D eigenvalue weighted by molar-refractivity contribution is -0.146. The molecule has 0 aromatic heterocycles. The molecule has 1 N–H and O–H groups in total. The fraction of sp³-hybridized carbons (Fsp3) is 0.946. The van der Waals surface area contributed by atoms with Crippen LogP contribution in [0.4, 0.5) is 0 Å². The lowest BCUT2D eigenvalue weighted by atomic mass is 10.0. The molecule has 2 atom stereocenters. The minimum absolute atomic E-state index is 0.0208. The van der Waals surface area contributed by atoms with Crippen LogP contribution >= 0.6 is 8.81 Å². The minimum Gasteiger partial charge on any atom is -0.463 e. The Hall–Kier alpha value is -0.510. The standard InChI is InChI=1S/C37H73O5P/c1-3-5-7-9-11-13-15-17-18-20-22-24-26-28-30-32-37(40)43-42-35(33-38)34-41-36(39)31-29-27-25-23-21-19-16-14-12-10-8-6-4-2/h35,38,43H,3-34H2,1-2H3. The van der Waals surface area contributed by atoms with Crippen molar-refractivity contribution in [2.45, 2.75) is 213 Å². The largest absolute Gasteiger partial charge is 0.463 e. The summed E-state index contributed by atoms with van der Waals surface area (Å²) in [7, 11) is -0.283. The van der Waals surface area contributed by atoms with Crippen LogP contribution in [0.3, 0.4) is 0 Å². The number of ether oxygens (including phenoxy) is 1. The lowest BCUT2D eigenvalue weighted by Gasteiger charge is -2.15. The molecule has 0 spiro atoms. The fourth-order valence-electron chi connectivity index (χ4n) is 5.53. The molecule has 256 valence electrons. The number of carbonyl (C=O) groups is 2. The third kappa shape index (κ3) is 34.2. The van der Waals surface area contributed by atoms with Crippen molar-refractivity contribution in [3.05, 3.63) is 0 Å². The third-order valence-corrected chi connectivity index (χ3v) is 9.39. The molecule has 0 aromatic rings. The fourth-order valence-corrected chi connectivity index (χ4v) is 6.25. The van der Waals surface area contributed by atoms with Crippen molar-refractivity contribution in [2.24, 2.45) is 0 Å².